The van der Waals surface area contributed by atoms with E-state index in [2.05, 4.69) is 53.7 Å². The van der Waals surface area contributed by atoms with E-state index in [1.807, 2.05) is 30.3 Å². The summed E-state index contributed by atoms with van der Waals surface area (Å²) in [6.07, 6.45) is 4.19. The fraction of sp³-hybridized carbons (Fsp3) is 0.286. The molecule has 25 heavy (non-hydrogen) atoms. The van der Waals surface area contributed by atoms with Crippen LogP contribution in [0.25, 0.3) is 23.2 Å². The Bertz CT molecular complexity index is 845. The van der Waals surface area contributed by atoms with Gasteiger partial charge in [0, 0.05) is 0 Å². The predicted molar refractivity (Wildman–Crippen MR) is 105 cm³/mol. The summed E-state index contributed by atoms with van der Waals surface area (Å²) >= 11 is 0. The molecule has 0 bridgehead atoms. The molecule has 0 aliphatic heterocycles. The van der Waals surface area contributed by atoms with Crippen LogP contribution in [-0.2, 0) is 6.67 Å². The predicted octanol–water partition coefficient (Wildman–Crippen LogP) is 4.51. The number of hydrogen-bond acceptors (Lipinski definition) is 3. The third-order valence-electron chi connectivity index (χ3n) is 4.46. The molecule has 0 unspecified atom stereocenters. The number of imidazole rings is 1. The molecular formula is C21H25N3O. The SMILES string of the molecule is CCN(CC)Cn1c(/C=C/c2ccc(OC)cc2)nc2ccccc21. The summed E-state index contributed by atoms with van der Waals surface area (Å²) in [6, 6.07) is 16.3. The lowest BCUT2D eigenvalue weighted by molar-refractivity contribution is 0.245. The van der Waals surface area contributed by atoms with Crippen LogP contribution >= 0.6 is 0 Å². The Balaban J connectivity index is 1.94. The van der Waals surface area contributed by atoms with Gasteiger partial charge in [-0.1, -0.05) is 44.2 Å². The molecule has 1 heterocycles. The van der Waals surface area contributed by atoms with Crippen molar-refractivity contribution in [2.24, 2.45) is 0 Å². The smallest absolute Gasteiger partial charge is 0.134 e. The minimum Gasteiger partial charge on any atom is -0.497 e. The van der Waals surface area contributed by atoms with E-state index in [1.54, 1.807) is 7.11 Å². The molecule has 0 N–H and O–H groups in total. The van der Waals surface area contributed by atoms with E-state index >= 15 is 0 Å². The maximum atomic E-state index is 5.21. The minimum absolute atomic E-state index is 0.843. The minimum atomic E-state index is 0.843. The summed E-state index contributed by atoms with van der Waals surface area (Å²) in [5.41, 5.74) is 3.33. The summed E-state index contributed by atoms with van der Waals surface area (Å²) in [5, 5.41) is 0. The number of hydrogen-bond donors (Lipinski definition) is 0. The van der Waals surface area contributed by atoms with Crippen LogP contribution < -0.4 is 4.74 Å². The molecule has 0 atom stereocenters. The van der Waals surface area contributed by atoms with Crippen molar-refractivity contribution in [1.29, 1.82) is 0 Å². The van der Waals surface area contributed by atoms with Crippen LogP contribution in [0.3, 0.4) is 0 Å². The number of methoxy groups -OCH3 is 1. The van der Waals surface area contributed by atoms with Gasteiger partial charge in [0.25, 0.3) is 0 Å². The van der Waals surface area contributed by atoms with Gasteiger partial charge in [0.2, 0.25) is 0 Å². The Morgan fingerprint density at radius 3 is 2.40 bits per heavy atom. The lowest BCUT2D eigenvalue weighted by atomic mass is 10.2. The van der Waals surface area contributed by atoms with Crippen LogP contribution in [0.1, 0.15) is 25.2 Å². The largest absolute Gasteiger partial charge is 0.497 e. The van der Waals surface area contributed by atoms with Gasteiger partial charge in [-0.3, -0.25) is 4.90 Å². The van der Waals surface area contributed by atoms with Crippen LogP contribution in [0, 0.1) is 0 Å². The fourth-order valence-electron chi connectivity index (χ4n) is 2.88. The lowest BCUT2D eigenvalue weighted by Crippen LogP contribution is -2.26. The van der Waals surface area contributed by atoms with Crippen LogP contribution in [0.4, 0.5) is 0 Å². The molecule has 3 aromatic rings. The third-order valence-corrected chi connectivity index (χ3v) is 4.46. The number of ether oxygens (including phenoxy) is 1. The second kappa shape index (κ2) is 7.99. The van der Waals surface area contributed by atoms with Gasteiger partial charge in [0.05, 0.1) is 24.8 Å². The first-order chi connectivity index (χ1) is 12.2. The molecule has 0 amide bonds. The molecule has 1 aromatic heterocycles. The maximum Gasteiger partial charge on any atom is 0.134 e. The zero-order chi connectivity index (χ0) is 17.6. The average molecular weight is 335 g/mol. The summed E-state index contributed by atoms with van der Waals surface area (Å²) in [4.78, 5) is 7.20. The number of nitrogens with zero attached hydrogens (tertiary/aromatic N) is 3. The molecule has 2 aromatic carbocycles. The van der Waals surface area contributed by atoms with Gasteiger partial charge in [0.15, 0.2) is 0 Å². The van der Waals surface area contributed by atoms with Crippen LogP contribution in [0.2, 0.25) is 0 Å². The zero-order valence-corrected chi connectivity index (χ0v) is 15.1. The maximum absolute atomic E-state index is 5.21. The monoisotopic (exact) mass is 335 g/mol. The van der Waals surface area contributed by atoms with Gasteiger partial charge in [-0.15, -0.1) is 0 Å². The third kappa shape index (κ3) is 3.91. The second-order valence-electron chi connectivity index (χ2n) is 5.94. The highest BCUT2D eigenvalue weighted by Gasteiger charge is 2.10. The molecule has 3 rings (SSSR count). The molecule has 4 heteroatoms. The molecular weight excluding hydrogens is 310 g/mol. The van der Waals surface area contributed by atoms with Crippen molar-refractivity contribution in [3.8, 4) is 5.75 Å². The van der Waals surface area contributed by atoms with Crippen LogP contribution in [0.15, 0.2) is 48.5 Å². The Morgan fingerprint density at radius 1 is 1.00 bits per heavy atom. The lowest BCUT2D eigenvalue weighted by Gasteiger charge is -2.20. The summed E-state index contributed by atoms with van der Waals surface area (Å²) in [5.74, 6) is 1.84. The molecule has 0 aliphatic carbocycles. The second-order valence-corrected chi connectivity index (χ2v) is 5.94. The molecule has 0 saturated carbocycles. The zero-order valence-electron chi connectivity index (χ0n) is 15.1. The Morgan fingerprint density at radius 2 is 1.72 bits per heavy atom. The first kappa shape index (κ1) is 17.2. The molecule has 0 saturated heterocycles. The number of benzene rings is 2. The molecule has 0 fully saturated rings. The Hall–Kier alpha value is -2.59. The summed E-state index contributed by atoms with van der Waals surface area (Å²) < 4.78 is 7.49. The van der Waals surface area contributed by atoms with E-state index in [9.17, 15) is 0 Å². The topological polar surface area (TPSA) is 30.3 Å². The van der Waals surface area contributed by atoms with Crippen molar-refractivity contribution >= 4 is 23.2 Å². The van der Waals surface area contributed by atoms with Gasteiger partial charge < -0.3 is 9.30 Å². The van der Waals surface area contributed by atoms with Gasteiger partial charge in [-0.25, -0.2) is 4.98 Å². The van der Waals surface area contributed by atoms with Crippen LogP contribution in [0.5, 0.6) is 5.75 Å². The van der Waals surface area contributed by atoms with Gasteiger partial charge in [-0.05, 0) is 49.0 Å². The van der Waals surface area contributed by atoms with Crippen molar-refractivity contribution in [2.75, 3.05) is 20.2 Å². The van der Waals surface area contributed by atoms with Gasteiger partial charge in [-0.2, -0.15) is 0 Å². The van der Waals surface area contributed by atoms with E-state index < -0.39 is 0 Å². The van der Waals surface area contributed by atoms with E-state index in [0.717, 1.165) is 42.4 Å². The van der Waals surface area contributed by atoms with E-state index in [0.29, 0.717) is 0 Å². The Kier molecular flexibility index (Phi) is 5.51. The number of para-hydroxylation sites is 2. The van der Waals surface area contributed by atoms with Crippen molar-refractivity contribution in [3.05, 3.63) is 59.9 Å². The highest BCUT2D eigenvalue weighted by Crippen LogP contribution is 2.19. The van der Waals surface area contributed by atoms with E-state index in [-0.39, 0.29) is 0 Å². The van der Waals surface area contributed by atoms with Gasteiger partial charge in [0.1, 0.15) is 11.6 Å². The van der Waals surface area contributed by atoms with Crippen molar-refractivity contribution in [1.82, 2.24) is 14.5 Å². The van der Waals surface area contributed by atoms with Crippen LogP contribution in [-0.4, -0.2) is 34.7 Å². The van der Waals surface area contributed by atoms with Crippen molar-refractivity contribution in [3.63, 3.8) is 0 Å². The molecule has 0 aliphatic rings. The normalized spacial score (nSPS) is 11.7. The van der Waals surface area contributed by atoms with Crippen molar-refractivity contribution < 1.29 is 4.74 Å². The highest BCUT2D eigenvalue weighted by molar-refractivity contribution is 5.79. The quantitative estimate of drug-likeness (QED) is 0.636. The summed E-state index contributed by atoms with van der Waals surface area (Å²) in [7, 11) is 1.68. The van der Waals surface area contributed by atoms with E-state index in [4.69, 9.17) is 9.72 Å². The first-order valence-corrected chi connectivity index (χ1v) is 8.75. The number of aromatic nitrogens is 2. The highest BCUT2D eigenvalue weighted by atomic mass is 16.5. The summed E-state index contributed by atoms with van der Waals surface area (Å²) in [6.45, 7) is 7.26. The molecule has 0 spiro atoms. The number of fused-ring (bicyclic) bond motifs is 1. The average Bonchev–Trinajstić information content (AvgIpc) is 3.02. The van der Waals surface area contributed by atoms with Crippen molar-refractivity contribution in [2.45, 2.75) is 20.5 Å². The standard InChI is InChI=1S/C21H25N3O/c1-4-23(5-2)16-24-20-9-7-6-8-19(20)22-21(24)15-12-17-10-13-18(25-3)14-11-17/h6-15H,4-5,16H2,1-3H3/b15-12+. The Labute approximate surface area is 149 Å². The fourth-order valence-corrected chi connectivity index (χ4v) is 2.88. The molecule has 130 valence electrons. The first-order valence-electron chi connectivity index (χ1n) is 8.75. The molecule has 0 radical (unpaired) electrons. The molecule has 4 nitrogen and oxygen atoms in total. The van der Waals surface area contributed by atoms with Gasteiger partial charge >= 0.3 is 0 Å². The van der Waals surface area contributed by atoms with E-state index in [1.165, 1.54) is 5.52 Å². The number of rotatable bonds is 7.